The zero-order valence-corrected chi connectivity index (χ0v) is 11.0. The molecule has 0 saturated carbocycles. The number of carbonyl (C=O) groups is 1. The Morgan fingerprint density at radius 1 is 1.33 bits per heavy atom. The predicted octanol–water partition coefficient (Wildman–Crippen LogP) is 2.57. The summed E-state index contributed by atoms with van der Waals surface area (Å²) in [5.74, 6) is -0.994. The molecule has 0 aliphatic carbocycles. The molecule has 2 rings (SSSR count). The average molecular weight is 299 g/mol. The zero-order valence-electron chi connectivity index (χ0n) is 11.0. The van der Waals surface area contributed by atoms with Gasteiger partial charge in [-0.2, -0.15) is 18.3 Å². The molecule has 0 bridgehead atoms. The minimum absolute atomic E-state index is 0.139. The van der Waals surface area contributed by atoms with E-state index in [0.29, 0.717) is 4.68 Å². The molecule has 1 N–H and O–H groups in total. The number of alkyl halides is 3. The Kier molecular flexibility index (Phi) is 4.27. The molecule has 0 aliphatic rings. The van der Waals surface area contributed by atoms with Gasteiger partial charge in [-0.05, 0) is 19.1 Å². The van der Waals surface area contributed by atoms with E-state index in [1.165, 1.54) is 12.1 Å². The van der Waals surface area contributed by atoms with Crippen molar-refractivity contribution in [2.45, 2.75) is 13.1 Å². The van der Waals surface area contributed by atoms with Gasteiger partial charge in [-0.25, -0.2) is 10.2 Å². The van der Waals surface area contributed by atoms with Crippen molar-refractivity contribution in [3.8, 4) is 5.69 Å². The molecule has 1 aromatic heterocycles. The van der Waals surface area contributed by atoms with Gasteiger partial charge in [-0.15, -0.1) is 0 Å². The molecule has 8 heteroatoms. The third-order valence-corrected chi connectivity index (χ3v) is 2.59. The van der Waals surface area contributed by atoms with Gasteiger partial charge in [0.2, 0.25) is 0 Å². The molecule has 1 amide bonds. The SMILES string of the molecule is CCONC(=O)c1cnn(-c2ccccc2)c1C(F)(F)F. The summed E-state index contributed by atoms with van der Waals surface area (Å²) in [6, 6.07) is 7.76. The molecule has 0 aliphatic heterocycles. The molecule has 0 saturated heterocycles. The van der Waals surface area contributed by atoms with Crippen molar-refractivity contribution in [2.75, 3.05) is 6.61 Å². The minimum atomic E-state index is -4.73. The standard InChI is InChI=1S/C13H12F3N3O2/c1-2-21-18-12(20)10-8-17-19(11(10)13(14,15)16)9-6-4-3-5-7-9/h3-8H,2H2,1H3,(H,18,20). The van der Waals surface area contributed by atoms with E-state index < -0.39 is 23.3 Å². The average Bonchev–Trinajstić information content (AvgIpc) is 2.90. The van der Waals surface area contributed by atoms with E-state index in [0.717, 1.165) is 6.20 Å². The van der Waals surface area contributed by atoms with Gasteiger partial charge in [0.05, 0.1) is 24.1 Å². The predicted molar refractivity (Wildman–Crippen MR) is 67.7 cm³/mol. The Morgan fingerprint density at radius 3 is 2.57 bits per heavy atom. The molecule has 1 heterocycles. The lowest BCUT2D eigenvalue weighted by molar-refractivity contribution is -0.143. The first-order valence-corrected chi connectivity index (χ1v) is 6.08. The van der Waals surface area contributed by atoms with Gasteiger partial charge >= 0.3 is 6.18 Å². The molecule has 0 spiro atoms. The van der Waals surface area contributed by atoms with Crippen LogP contribution in [0.3, 0.4) is 0 Å². The number of benzene rings is 1. The number of hydrogen-bond acceptors (Lipinski definition) is 3. The largest absolute Gasteiger partial charge is 0.434 e. The summed E-state index contributed by atoms with van der Waals surface area (Å²) in [4.78, 5) is 16.4. The second-order valence-corrected chi connectivity index (χ2v) is 4.02. The van der Waals surface area contributed by atoms with Gasteiger partial charge in [0.15, 0.2) is 5.69 Å². The Bertz CT molecular complexity index is 623. The van der Waals surface area contributed by atoms with Crippen molar-refractivity contribution < 1.29 is 22.8 Å². The van der Waals surface area contributed by atoms with E-state index in [1.54, 1.807) is 25.1 Å². The van der Waals surface area contributed by atoms with Crippen LogP contribution in [0.1, 0.15) is 23.0 Å². The summed E-state index contributed by atoms with van der Waals surface area (Å²) in [5, 5.41) is 3.66. The first kappa shape index (κ1) is 15.0. The van der Waals surface area contributed by atoms with Gasteiger partial charge in [-0.1, -0.05) is 18.2 Å². The van der Waals surface area contributed by atoms with Crippen LogP contribution in [0.4, 0.5) is 13.2 Å². The molecule has 0 fully saturated rings. The van der Waals surface area contributed by atoms with E-state index >= 15 is 0 Å². The molecule has 0 atom stereocenters. The van der Waals surface area contributed by atoms with Crippen LogP contribution in [0.25, 0.3) is 5.69 Å². The molecule has 1 aromatic carbocycles. The maximum absolute atomic E-state index is 13.2. The summed E-state index contributed by atoms with van der Waals surface area (Å²) in [7, 11) is 0. The van der Waals surface area contributed by atoms with Crippen LogP contribution >= 0.6 is 0 Å². The topological polar surface area (TPSA) is 56.1 Å². The minimum Gasteiger partial charge on any atom is -0.274 e. The maximum Gasteiger partial charge on any atom is 0.434 e. The second kappa shape index (κ2) is 5.96. The summed E-state index contributed by atoms with van der Waals surface area (Å²) in [5.41, 5.74) is 0.398. The molecule has 2 aromatic rings. The quantitative estimate of drug-likeness (QED) is 0.883. The van der Waals surface area contributed by atoms with E-state index in [1.807, 2.05) is 5.48 Å². The molecule has 0 radical (unpaired) electrons. The number of hydroxylamine groups is 1. The van der Waals surface area contributed by atoms with Crippen LogP contribution in [0.2, 0.25) is 0 Å². The lowest BCUT2D eigenvalue weighted by atomic mass is 10.2. The van der Waals surface area contributed by atoms with Crippen molar-refractivity contribution in [2.24, 2.45) is 0 Å². The van der Waals surface area contributed by atoms with E-state index in [9.17, 15) is 18.0 Å². The molecule has 5 nitrogen and oxygen atoms in total. The number of halogens is 3. The summed E-state index contributed by atoms with van der Waals surface area (Å²) < 4.78 is 40.4. The van der Waals surface area contributed by atoms with E-state index in [4.69, 9.17) is 0 Å². The molecule has 112 valence electrons. The maximum atomic E-state index is 13.2. The van der Waals surface area contributed by atoms with Crippen molar-refractivity contribution in [1.29, 1.82) is 0 Å². The van der Waals surface area contributed by atoms with Crippen LogP contribution in [0.15, 0.2) is 36.5 Å². The fourth-order valence-electron chi connectivity index (χ4n) is 1.75. The van der Waals surface area contributed by atoms with Gasteiger partial charge in [-0.3, -0.25) is 9.63 Å². The Labute approximate surface area is 118 Å². The summed E-state index contributed by atoms with van der Waals surface area (Å²) >= 11 is 0. The lowest BCUT2D eigenvalue weighted by Crippen LogP contribution is -2.26. The molecular formula is C13H12F3N3O2. The third-order valence-electron chi connectivity index (χ3n) is 2.59. The number of hydrogen-bond donors (Lipinski definition) is 1. The highest BCUT2D eigenvalue weighted by Gasteiger charge is 2.40. The number of rotatable bonds is 4. The van der Waals surface area contributed by atoms with Gasteiger partial charge in [0.25, 0.3) is 5.91 Å². The smallest absolute Gasteiger partial charge is 0.274 e. The normalized spacial score (nSPS) is 11.4. The van der Waals surface area contributed by atoms with E-state index in [2.05, 4.69) is 9.94 Å². The van der Waals surface area contributed by atoms with Crippen LogP contribution < -0.4 is 5.48 Å². The van der Waals surface area contributed by atoms with Crippen molar-refractivity contribution in [3.05, 3.63) is 47.8 Å². The fourth-order valence-corrected chi connectivity index (χ4v) is 1.75. The number of carbonyl (C=O) groups excluding carboxylic acids is 1. The number of amides is 1. The summed E-state index contributed by atoms with van der Waals surface area (Å²) in [6.45, 7) is 1.73. The summed E-state index contributed by atoms with van der Waals surface area (Å²) in [6.07, 6.45) is -3.87. The highest BCUT2D eigenvalue weighted by atomic mass is 19.4. The zero-order chi connectivity index (χ0) is 15.5. The third kappa shape index (κ3) is 3.22. The highest BCUT2D eigenvalue weighted by Crippen LogP contribution is 2.33. The van der Waals surface area contributed by atoms with Crippen molar-refractivity contribution in [1.82, 2.24) is 15.3 Å². The first-order chi connectivity index (χ1) is 9.95. The molecule has 0 unspecified atom stereocenters. The monoisotopic (exact) mass is 299 g/mol. The fraction of sp³-hybridized carbons (Fsp3) is 0.231. The van der Waals surface area contributed by atoms with Crippen LogP contribution in [-0.2, 0) is 11.0 Å². The second-order valence-electron chi connectivity index (χ2n) is 4.02. The molecular weight excluding hydrogens is 287 g/mol. The highest BCUT2D eigenvalue weighted by molar-refractivity contribution is 5.94. The van der Waals surface area contributed by atoms with E-state index in [-0.39, 0.29) is 12.3 Å². The number of nitrogens with one attached hydrogen (secondary N) is 1. The van der Waals surface area contributed by atoms with Crippen LogP contribution in [0.5, 0.6) is 0 Å². The van der Waals surface area contributed by atoms with Crippen molar-refractivity contribution >= 4 is 5.91 Å². The number of nitrogens with zero attached hydrogens (tertiary/aromatic N) is 2. The Hall–Kier alpha value is -2.35. The number of aromatic nitrogens is 2. The number of para-hydroxylation sites is 1. The van der Waals surface area contributed by atoms with Crippen LogP contribution in [0, 0.1) is 0 Å². The Balaban J connectivity index is 2.49. The van der Waals surface area contributed by atoms with Gasteiger partial charge in [0.1, 0.15) is 0 Å². The van der Waals surface area contributed by atoms with Gasteiger partial charge in [0, 0.05) is 0 Å². The van der Waals surface area contributed by atoms with Gasteiger partial charge < -0.3 is 0 Å². The van der Waals surface area contributed by atoms with Crippen molar-refractivity contribution in [3.63, 3.8) is 0 Å². The lowest BCUT2D eigenvalue weighted by Gasteiger charge is -2.12. The first-order valence-electron chi connectivity index (χ1n) is 6.08. The Morgan fingerprint density at radius 2 is 2.00 bits per heavy atom. The van der Waals surface area contributed by atoms with Crippen LogP contribution in [-0.4, -0.2) is 22.3 Å². The molecule has 21 heavy (non-hydrogen) atoms.